The van der Waals surface area contributed by atoms with Crippen molar-refractivity contribution in [2.45, 2.75) is 25.6 Å². The number of hydrogen-bond acceptors (Lipinski definition) is 3. The monoisotopic (exact) mass is 320 g/mol. The highest BCUT2D eigenvalue weighted by atomic mass is 19.4. The number of aromatic nitrogens is 1. The number of benzene rings is 1. The van der Waals surface area contributed by atoms with Crippen LogP contribution in [-0.2, 0) is 17.4 Å². The third-order valence-corrected chi connectivity index (χ3v) is 4.20. The van der Waals surface area contributed by atoms with Gasteiger partial charge >= 0.3 is 6.18 Å². The molecule has 120 valence electrons. The third-order valence-electron chi connectivity index (χ3n) is 4.20. The van der Waals surface area contributed by atoms with Crippen LogP contribution in [0.1, 0.15) is 28.3 Å². The number of fused-ring (bicyclic) bond motifs is 1. The summed E-state index contributed by atoms with van der Waals surface area (Å²) in [5, 5.41) is 0. The fraction of sp³-hybridized carbons (Fsp3) is 0.294. The summed E-state index contributed by atoms with van der Waals surface area (Å²) in [7, 11) is 0. The SMILES string of the molecule is Cc1ccncc1N1CCc2cc(C(F)(F)F)ccc2C1C=O. The first-order valence-electron chi connectivity index (χ1n) is 7.24. The van der Waals surface area contributed by atoms with Gasteiger partial charge in [0.1, 0.15) is 12.3 Å². The molecule has 23 heavy (non-hydrogen) atoms. The summed E-state index contributed by atoms with van der Waals surface area (Å²) in [6.45, 7) is 2.39. The Morgan fingerprint density at radius 3 is 2.74 bits per heavy atom. The fourth-order valence-electron chi connectivity index (χ4n) is 3.01. The lowest BCUT2D eigenvalue weighted by Crippen LogP contribution is -2.37. The molecule has 2 heterocycles. The van der Waals surface area contributed by atoms with Gasteiger partial charge < -0.3 is 9.69 Å². The van der Waals surface area contributed by atoms with Crippen molar-refractivity contribution in [3.63, 3.8) is 0 Å². The fourth-order valence-corrected chi connectivity index (χ4v) is 3.01. The molecule has 0 N–H and O–H groups in total. The summed E-state index contributed by atoms with van der Waals surface area (Å²) >= 11 is 0. The maximum atomic E-state index is 12.8. The number of aldehydes is 1. The highest BCUT2D eigenvalue weighted by Gasteiger charge is 2.34. The van der Waals surface area contributed by atoms with E-state index in [9.17, 15) is 18.0 Å². The lowest BCUT2D eigenvalue weighted by Gasteiger charge is -2.36. The van der Waals surface area contributed by atoms with Crippen LogP contribution in [-0.4, -0.2) is 17.8 Å². The summed E-state index contributed by atoms with van der Waals surface area (Å²) in [5.74, 6) is 0. The molecule has 0 radical (unpaired) electrons. The summed E-state index contributed by atoms with van der Waals surface area (Å²) in [5.41, 5.74) is 2.33. The van der Waals surface area contributed by atoms with Gasteiger partial charge in [0.15, 0.2) is 0 Å². The van der Waals surface area contributed by atoms with Gasteiger partial charge in [0, 0.05) is 12.7 Å². The molecule has 0 spiro atoms. The molecule has 0 aliphatic carbocycles. The van der Waals surface area contributed by atoms with Crippen molar-refractivity contribution in [3.8, 4) is 0 Å². The first kappa shape index (κ1) is 15.5. The average molecular weight is 320 g/mol. The van der Waals surface area contributed by atoms with E-state index in [4.69, 9.17) is 0 Å². The molecule has 1 atom stereocenters. The summed E-state index contributed by atoms with van der Waals surface area (Å²) in [6.07, 6.45) is 0.210. The zero-order valence-electron chi connectivity index (χ0n) is 12.5. The minimum absolute atomic E-state index is 0.456. The predicted octanol–water partition coefficient (Wildman–Crippen LogP) is 3.71. The Hall–Kier alpha value is -2.37. The van der Waals surface area contributed by atoms with E-state index in [-0.39, 0.29) is 0 Å². The van der Waals surface area contributed by atoms with E-state index in [1.54, 1.807) is 12.4 Å². The minimum Gasteiger partial charge on any atom is -0.356 e. The van der Waals surface area contributed by atoms with E-state index >= 15 is 0 Å². The van der Waals surface area contributed by atoms with Crippen molar-refractivity contribution in [1.29, 1.82) is 0 Å². The Kier molecular flexibility index (Phi) is 3.83. The van der Waals surface area contributed by atoms with Crippen LogP contribution in [0, 0.1) is 6.92 Å². The number of carbonyl (C=O) groups excluding carboxylic acids is 1. The minimum atomic E-state index is -4.37. The second kappa shape index (κ2) is 5.68. The molecule has 3 nitrogen and oxygen atoms in total. The van der Waals surface area contributed by atoms with Crippen molar-refractivity contribution >= 4 is 12.0 Å². The zero-order chi connectivity index (χ0) is 16.6. The van der Waals surface area contributed by atoms with Crippen LogP contribution >= 0.6 is 0 Å². The van der Waals surface area contributed by atoms with Gasteiger partial charge in [-0.05, 0) is 48.2 Å². The van der Waals surface area contributed by atoms with Crippen LogP contribution in [0.2, 0.25) is 0 Å². The summed E-state index contributed by atoms with van der Waals surface area (Å²) < 4.78 is 38.5. The van der Waals surface area contributed by atoms with Crippen LogP contribution in [0.25, 0.3) is 0 Å². The Morgan fingerprint density at radius 1 is 1.30 bits per heavy atom. The Labute approximate surface area is 131 Å². The standard InChI is InChI=1S/C17H15F3N2O/c1-11-4-6-21-9-15(11)22-7-5-12-8-13(17(18,19)20)2-3-14(12)16(22)10-23/h2-4,6,8-10,16H,5,7H2,1H3. The van der Waals surface area contributed by atoms with Gasteiger partial charge in [-0.3, -0.25) is 4.98 Å². The number of rotatable bonds is 2. The van der Waals surface area contributed by atoms with Gasteiger partial charge in [-0.1, -0.05) is 6.07 Å². The van der Waals surface area contributed by atoms with Crippen molar-refractivity contribution in [2.75, 3.05) is 11.4 Å². The van der Waals surface area contributed by atoms with Crippen LogP contribution in [0.3, 0.4) is 0 Å². The molecule has 3 rings (SSSR count). The highest BCUT2D eigenvalue weighted by Crippen LogP contribution is 2.37. The largest absolute Gasteiger partial charge is 0.416 e. The van der Waals surface area contributed by atoms with Gasteiger partial charge in [0.25, 0.3) is 0 Å². The van der Waals surface area contributed by atoms with Crippen LogP contribution < -0.4 is 4.90 Å². The van der Waals surface area contributed by atoms with Crippen molar-refractivity contribution < 1.29 is 18.0 Å². The third kappa shape index (κ3) is 2.81. The van der Waals surface area contributed by atoms with E-state index in [0.29, 0.717) is 24.1 Å². The number of hydrogen-bond donors (Lipinski definition) is 0. The normalized spacial score (nSPS) is 17.7. The molecule has 1 unspecified atom stereocenters. The summed E-state index contributed by atoms with van der Waals surface area (Å²) in [4.78, 5) is 17.6. The Balaban J connectivity index is 2.03. The number of halogens is 3. The smallest absolute Gasteiger partial charge is 0.356 e. The predicted molar refractivity (Wildman–Crippen MR) is 80.3 cm³/mol. The van der Waals surface area contributed by atoms with E-state index in [1.807, 2.05) is 17.9 Å². The van der Waals surface area contributed by atoms with Crippen LogP contribution in [0.15, 0.2) is 36.7 Å². The first-order chi connectivity index (χ1) is 10.9. The number of nitrogens with zero attached hydrogens (tertiary/aromatic N) is 2. The van der Waals surface area contributed by atoms with Gasteiger partial charge in [0.2, 0.25) is 0 Å². The second-order valence-electron chi connectivity index (χ2n) is 5.60. The van der Waals surface area contributed by atoms with Gasteiger partial charge in [-0.15, -0.1) is 0 Å². The average Bonchev–Trinajstić information content (AvgIpc) is 2.53. The van der Waals surface area contributed by atoms with E-state index < -0.39 is 17.8 Å². The Morgan fingerprint density at radius 2 is 2.09 bits per heavy atom. The molecule has 0 bridgehead atoms. The number of aryl methyl sites for hydroxylation is 1. The van der Waals surface area contributed by atoms with Gasteiger partial charge in [-0.2, -0.15) is 13.2 Å². The van der Waals surface area contributed by atoms with Crippen molar-refractivity contribution in [3.05, 3.63) is 58.9 Å². The van der Waals surface area contributed by atoms with Crippen molar-refractivity contribution in [1.82, 2.24) is 4.98 Å². The highest BCUT2D eigenvalue weighted by molar-refractivity contribution is 5.72. The maximum Gasteiger partial charge on any atom is 0.416 e. The molecule has 0 amide bonds. The molecule has 1 aliphatic rings. The van der Waals surface area contributed by atoms with Crippen LogP contribution in [0.4, 0.5) is 18.9 Å². The quantitative estimate of drug-likeness (QED) is 0.791. The molecule has 1 aliphatic heterocycles. The lowest BCUT2D eigenvalue weighted by atomic mass is 9.91. The van der Waals surface area contributed by atoms with Crippen molar-refractivity contribution in [2.24, 2.45) is 0 Å². The number of anilines is 1. The number of alkyl halides is 3. The van der Waals surface area contributed by atoms with Gasteiger partial charge in [-0.25, -0.2) is 0 Å². The molecular weight excluding hydrogens is 305 g/mol. The number of pyridine rings is 1. The molecule has 1 aromatic heterocycles. The lowest BCUT2D eigenvalue weighted by molar-refractivity contribution is -0.137. The molecule has 1 aromatic carbocycles. The molecule has 2 aromatic rings. The molecule has 0 saturated carbocycles. The first-order valence-corrected chi connectivity index (χ1v) is 7.24. The zero-order valence-corrected chi connectivity index (χ0v) is 12.5. The Bertz CT molecular complexity index is 743. The van der Waals surface area contributed by atoms with E-state index in [1.165, 1.54) is 6.07 Å². The van der Waals surface area contributed by atoms with E-state index in [2.05, 4.69) is 4.98 Å². The maximum absolute atomic E-state index is 12.8. The topological polar surface area (TPSA) is 33.2 Å². The molecule has 6 heteroatoms. The summed E-state index contributed by atoms with van der Waals surface area (Å²) in [6, 6.07) is 4.85. The second-order valence-corrected chi connectivity index (χ2v) is 5.60. The molecule has 0 fully saturated rings. The van der Waals surface area contributed by atoms with E-state index in [0.717, 1.165) is 29.7 Å². The molecule has 0 saturated heterocycles. The van der Waals surface area contributed by atoms with Gasteiger partial charge in [0.05, 0.1) is 17.4 Å². The molecular formula is C17H15F3N2O. The number of carbonyl (C=O) groups is 1. The van der Waals surface area contributed by atoms with Crippen LogP contribution in [0.5, 0.6) is 0 Å².